The Labute approximate surface area is 184 Å². The summed E-state index contributed by atoms with van der Waals surface area (Å²) in [6.07, 6.45) is 5.62. The number of carbonyl (C=O) groups is 3. The first-order valence-electron chi connectivity index (χ1n) is 11.4. The summed E-state index contributed by atoms with van der Waals surface area (Å²) in [5, 5.41) is 12.9. The van der Waals surface area contributed by atoms with Gasteiger partial charge in [0.2, 0.25) is 5.91 Å². The number of aryl methyl sites for hydroxylation is 1. The predicted octanol–water partition coefficient (Wildman–Crippen LogP) is 2.77. The molecule has 3 rings (SSSR count). The Morgan fingerprint density at radius 2 is 1.90 bits per heavy atom. The van der Waals surface area contributed by atoms with Gasteiger partial charge in [0.15, 0.2) is 0 Å². The number of hydrogen-bond donors (Lipinski definition) is 2. The molecule has 1 heterocycles. The minimum atomic E-state index is -0.944. The topological polar surface area (TPSA) is 95.9 Å². The van der Waals surface area contributed by atoms with Crippen molar-refractivity contribution in [2.24, 2.45) is 5.92 Å². The second-order valence-corrected chi connectivity index (χ2v) is 8.66. The Morgan fingerprint density at radius 1 is 1.19 bits per heavy atom. The zero-order valence-electron chi connectivity index (χ0n) is 18.5. The number of amides is 1. The third kappa shape index (κ3) is 5.64. The third-order valence-electron chi connectivity index (χ3n) is 6.58. The molecule has 0 aromatic heterocycles. The Bertz CT molecular complexity index is 768. The van der Waals surface area contributed by atoms with E-state index in [1.54, 1.807) is 18.7 Å². The summed E-state index contributed by atoms with van der Waals surface area (Å²) in [7, 11) is 0. The summed E-state index contributed by atoms with van der Waals surface area (Å²) in [4.78, 5) is 39.3. The monoisotopic (exact) mass is 430 g/mol. The van der Waals surface area contributed by atoms with Crippen molar-refractivity contribution in [1.29, 1.82) is 0 Å². The number of aliphatic carboxylic acids is 1. The molecule has 7 nitrogen and oxygen atoms in total. The predicted molar refractivity (Wildman–Crippen MR) is 116 cm³/mol. The molecule has 3 unspecified atom stereocenters. The van der Waals surface area contributed by atoms with E-state index >= 15 is 0 Å². The molecule has 2 fully saturated rings. The summed E-state index contributed by atoms with van der Waals surface area (Å²) in [6.45, 7) is 3.74. The zero-order chi connectivity index (χ0) is 22.4. The lowest BCUT2D eigenvalue weighted by atomic mass is 9.84. The quantitative estimate of drug-likeness (QED) is 0.585. The number of fused-ring (bicyclic) bond motifs is 1. The van der Waals surface area contributed by atoms with E-state index in [4.69, 9.17) is 4.74 Å². The Hall–Kier alpha value is -2.41. The van der Waals surface area contributed by atoms with Crippen molar-refractivity contribution in [1.82, 2.24) is 10.2 Å². The van der Waals surface area contributed by atoms with Gasteiger partial charge < -0.3 is 14.7 Å². The number of ether oxygens (including phenoxy) is 1. The average molecular weight is 431 g/mol. The first-order chi connectivity index (χ1) is 14.9. The van der Waals surface area contributed by atoms with Crippen LogP contribution in [0.4, 0.5) is 0 Å². The maximum atomic E-state index is 13.4. The summed E-state index contributed by atoms with van der Waals surface area (Å²) in [5.41, 5.74) is 1.10. The molecule has 0 spiro atoms. The average Bonchev–Trinajstić information content (AvgIpc) is 3.16. The lowest BCUT2D eigenvalue weighted by Gasteiger charge is -2.35. The fourth-order valence-corrected chi connectivity index (χ4v) is 5.06. The number of likely N-dealkylation sites (tertiary alicyclic amines) is 1. The molecule has 1 aromatic carbocycles. The molecule has 1 amide bonds. The molecule has 31 heavy (non-hydrogen) atoms. The van der Waals surface area contributed by atoms with Crippen molar-refractivity contribution >= 4 is 17.8 Å². The molecule has 7 heteroatoms. The highest BCUT2D eigenvalue weighted by Crippen LogP contribution is 2.40. The SMILES string of the molecule is CCOC(=O)[C@H](CCc1ccccc1)NC(C)C(=O)N1C2CCCCC2C[C@H]1C(=O)O. The molecule has 0 radical (unpaired) electrons. The lowest BCUT2D eigenvalue weighted by molar-refractivity contribution is -0.152. The fourth-order valence-electron chi connectivity index (χ4n) is 5.06. The van der Waals surface area contributed by atoms with E-state index in [1.165, 1.54) is 0 Å². The van der Waals surface area contributed by atoms with Crippen LogP contribution in [-0.4, -0.2) is 58.6 Å². The Balaban J connectivity index is 1.70. The summed E-state index contributed by atoms with van der Waals surface area (Å²) >= 11 is 0. The van der Waals surface area contributed by atoms with Crippen molar-refractivity contribution in [3.8, 4) is 0 Å². The molecule has 1 aliphatic heterocycles. The Kier molecular flexibility index (Phi) is 8.07. The highest BCUT2D eigenvalue weighted by Gasteiger charge is 2.48. The number of carboxylic acid groups (broad SMARTS) is 1. The standard InChI is InChI=1S/C24H34N2O5/c1-3-31-24(30)19(14-13-17-9-5-4-6-10-17)25-16(2)22(27)26-20-12-8-7-11-18(20)15-21(26)23(28)29/h4-6,9-10,16,18-21,25H,3,7-8,11-15H2,1-2H3,(H,28,29)/t16?,18?,19-,20?,21-/m0/s1. The van der Waals surface area contributed by atoms with E-state index in [-0.39, 0.29) is 30.4 Å². The van der Waals surface area contributed by atoms with Crippen molar-refractivity contribution < 1.29 is 24.2 Å². The molecule has 1 aliphatic carbocycles. The van der Waals surface area contributed by atoms with Crippen LogP contribution in [0.1, 0.15) is 57.9 Å². The second kappa shape index (κ2) is 10.8. The lowest BCUT2D eigenvalue weighted by Crippen LogP contribution is -2.55. The first kappa shape index (κ1) is 23.3. The maximum Gasteiger partial charge on any atom is 0.326 e. The van der Waals surface area contributed by atoms with Crippen LogP contribution in [0.2, 0.25) is 0 Å². The zero-order valence-corrected chi connectivity index (χ0v) is 18.5. The highest BCUT2D eigenvalue weighted by atomic mass is 16.5. The van der Waals surface area contributed by atoms with Gasteiger partial charge in [0.25, 0.3) is 0 Å². The summed E-state index contributed by atoms with van der Waals surface area (Å²) in [6, 6.07) is 7.75. The van der Waals surface area contributed by atoms with Crippen LogP contribution in [-0.2, 0) is 25.5 Å². The van der Waals surface area contributed by atoms with Crippen LogP contribution in [0, 0.1) is 5.92 Å². The molecular weight excluding hydrogens is 396 g/mol. The van der Waals surface area contributed by atoms with E-state index in [0.717, 1.165) is 31.2 Å². The molecule has 0 bridgehead atoms. The van der Waals surface area contributed by atoms with Crippen LogP contribution in [0.15, 0.2) is 30.3 Å². The number of carboxylic acids is 1. The number of carbonyl (C=O) groups excluding carboxylic acids is 2. The van der Waals surface area contributed by atoms with E-state index in [2.05, 4.69) is 5.32 Å². The molecule has 1 saturated carbocycles. The van der Waals surface area contributed by atoms with Gasteiger partial charge in [-0.2, -0.15) is 0 Å². The van der Waals surface area contributed by atoms with Gasteiger partial charge in [0.05, 0.1) is 12.6 Å². The second-order valence-electron chi connectivity index (χ2n) is 8.66. The number of rotatable bonds is 9. The van der Waals surface area contributed by atoms with Crippen molar-refractivity contribution in [2.45, 2.75) is 83.0 Å². The molecule has 1 aromatic rings. The van der Waals surface area contributed by atoms with Gasteiger partial charge in [-0.25, -0.2) is 4.79 Å². The van der Waals surface area contributed by atoms with Crippen molar-refractivity contribution in [3.05, 3.63) is 35.9 Å². The van der Waals surface area contributed by atoms with E-state index in [0.29, 0.717) is 19.3 Å². The van der Waals surface area contributed by atoms with Crippen LogP contribution in [0.3, 0.4) is 0 Å². The molecule has 2 N–H and O–H groups in total. The van der Waals surface area contributed by atoms with Crippen molar-refractivity contribution in [3.63, 3.8) is 0 Å². The van der Waals surface area contributed by atoms with E-state index in [9.17, 15) is 19.5 Å². The first-order valence-corrected chi connectivity index (χ1v) is 11.4. The minimum Gasteiger partial charge on any atom is -0.480 e. The van der Waals surface area contributed by atoms with Gasteiger partial charge in [-0.05, 0) is 57.4 Å². The molecule has 170 valence electrons. The third-order valence-corrected chi connectivity index (χ3v) is 6.58. The van der Waals surface area contributed by atoms with E-state index in [1.807, 2.05) is 30.3 Å². The van der Waals surface area contributed by atoms with Crippen molar-refractivity contribution in [2.75, 3.05) is 6.61 Å². The van der Waals surface area contributed by atoms with Crippen LogP contribution < -0.4 is 5.32 Å². The molecule has 1 saturated heterocycles. The van der Waals surface area contributed by atoms with Gasteiger partial charge >= 0.3 is 11.9 Å². The molecule has 5 atom stereocenters. The van der Waals surface area contributed by atoms with Crippen LogP contribution in [0.5, 0.6) is 0 Å². The normalized spacial score (nSPS) is 24.8. The number of nitrogens with one attached hydrogen (secondary N) is 1. The van der Waals surface area contributed by atoms with Gasteiger partial charge in [0, 0.05) is 6.04 Å². The summed E-state index contributed by atoms with van der Waals surface area (Å²) in [5.74, 6) is -1.31. The van der Waals surface area contributed by atoms with Crippen LogP contribution >= 0.6 is 0 Å². The minimum absolute atomic E-state index is 0.0167. The number of nitrogens with zero attached hydrogens (tertiary/aromatic N) is 1. The Morgan fingerprint density at radius 3 is 2.58 bits per heavy atom. The molecule has 2 aliphatic rings. The number of hydrogen-bond acceptors (Lipinski definition) is 5. The van der Waals surface area contributed by atoms with Gasteiger partial charge in [-0.1, -0.05) is 43.2 Å². The largest absolute Gasteiger partial charge is 0.480 e. The number of benzene rings is 1. The number of esters is 1. The summed E-state index contributed by atoms with van der Waals surface area (Å²) < 4.78 is 5.22. The van der Waals surface area contributed by atoms with Gasteiger partial charge in [0.1, 0.15) is 12.1 Å². The highest BCUT2D eigenvalue weighted by molar-refractivity contribution is 5.88. The van der Waals surface area contributed by atoms with Crippen LogP contribution in [0.25, 0.3) is 0 Å². The maximum absolute atomic E-state index is 13.4. The fraction of sp³-hybridized carbons (Fsp3) is 0.625. The van der Waals surface area contributed by atoms with E-state index < -0.39 is 24.1 Å². The van der Waals surface area contributed by atoms with Gasteiger partial charge in [-0.15, -0.1) is 0 Å². The molecular formula is C24H34N2O5. The smallest absolute Gasteiger partial charge is 0.326 e. The van der Waals surface area contributed by atoms with Gasteiger partial charge in [-0.3, -0.25) is 14.9 Å².